The second-order valence-corrected chi connectivity index (χ2v) is 4.61. The molecule has 0 aliphatic heterocycles. The first kappa shape index (κ1) is 15.2. The predicted octanol–water partition coefficient (Wildman–Crippen LogP) is 2.54. The highest BCUT2D eigenvalue weighted by Gasteiger charge is 2.08. The minimum absolute atomic E-state index is 0.0205. The van der Waals surface area contributed by atoms with Crippen molar-refractivity contribution >= 4 is 11.8 Å². The maximum atomic E-state index is 11.7. The van der Waals surface area contributed by atoms with Gasteiger partial charge >= 0.3 is 5.97 Å². The number of hydrogen-bond donors (Lipinski definition) is 0. The zero-order valence-corrected chi connectivity index (χ0v) is 11.6. The number of Topliss-reactive ketones (excluding diaryl/α,β-unsaturated/α-hetero) is 1. The number of esters is 1. The molecular formula is C15H20O4. The molecule has 19 heavy (non-hydrogen) atoms. The zero-order valence-electron chi connectivity index (χ0n) is 11.6. The fourth-order valence-corrected chi connectivity index (χ4v) is 1.66. The average molecular weight is 264 g/mol. The second kappa shape index (κ2) is 7.56. The Kier molecular flexibility index (Phi) is 6.06. The quantitative estimate of drug-likeness (QED) is 0.710. The van der Waals surface area contributed by atoms with Crippen molar-refractivity contribution < 1.29 is 19.1 Å². The Bertz CT molecular complexity index is 438. The molecule has 0 unspecified atom stereocenters. The molecule has 1 rings (SSSR count). The molecule has 0 amide bonds. The van der Waals surface area contributed by atoms with Crippen LogP contribution in [0.4, 0.5) is 0 Å². The van der Waals surface area contributed by atoms with E-state index in [1.807, 2.05) is 38.1 Å². The molecule has 0 N–H and O–H groups in total. The Morgan fingerprint density at radius 1 is 1.21 bits per heavy atom. The van der Waals surface area contributed by atoms with Gasteiger partial charge in [0, 0.05) is 12.8 Å². The molecule has 1 aromatic carbocycles. The number of benzene rings is 1. The van der Waals surface area contributed by atoms with Gasteiger partial charge in [0.05, 0.1) is 19.6 Å². The summed E-state index contributed by atoms with van der Waals surface area (Å²) >= 11 is 0. The van der Waals surface area contributed by atoms with Gasteiger partial charge in [-0.25, -0.2) is 0 Å². The van der Waals surface area contributed by atoms with Gasteiger partial charge in [0.15, 0.2) is 0 Å². The van der Waals surface area contributed by atoms with Gasteiger partial charge in [-0.15, -0.1) is 0 Å². The van der Waals surface area contributed by atoms with Crippen molar-refractivity contribution in [1.29, 1.82) is 0 Å². The van der Waals surface area contributed by atoms with Crippen molar-refractivity contribution in [2.75, 3.05) is 7.11 Å². The highest BCUT2D eigenvalue weighted by atomic mass is 16.5. The van der Waals surface area contributed by atoms with Crippen molar-refractivity contribution in [3.05, 3.63) is 29.8 Å². The predicted molar refractivity (Wildman–Crippen MR) is 72.2 cm³/mol. The maximum Gasteiger partial charge on any atom is 0.305 e. The third kappa shape index (κ3) is 6.04. The molecule has 0 aromatic heterocycles. The SMILES string of the molecule is COC(=O)CCC(=O)Cc1cccc(OC(C)C)c1. The largest absolute Gasteiger partial charge is 0.491 e. The van der Waals surface area contributed by atoms with Gasteiger partial charge in [-0.2, -0.15) is 0 Å². The zero-order chi connectivity index (χ0) is 14.3. The van der Waals surface area contributed by atoms with Crippen LogP contribution in [0, 0.1) is 0 Å². The molecule has 0 saturated heterocycles. The molecule has 0 saturated carbocycles. The van der Waals surface area contributed by atoms with E-state index in [4.69, 9.17) is 4.74 Å². The van der Waals surface area contributed by atoms with E-state index in [9.17, 15) is 9.59 Å². The lowest BCUT2D eigenvalue weighted by Crippen LogP contribution is -2.09. The molecule has 4 nitrogen and oxygen atoms in total. The van der Waals surface area contributed by atoms with Crippen LogP contribution in [0.5, 0.6) is 5.75 Å². The van der Waals surface area contributed by atoms with E-state index in [1.54, 1.807) is 0 Å². The Morgan fingerprint density at radius 2 is 1.95 bits per heavy atom. The Labute approximate surface area is 113 Å². The smallest absolute Gasteiger partial charge is 0.305 e. The van der Waals surface area contributed by atoms with Crippen LogP contribution >= 0.6 is 0 Å². The van der Waals surface area contributed by atoms with Crippen LogP contribution in [0.1, 0.15) is 32.3 Å². The highest BCUT2D eigenvalue weighted by molar-refractivity contribution is 5.84. The number of carbonyl (C=O) groups excluding carboxylic acids is 2. The molecule has 0 bridgehead atoms. The van der Waals surface area contributed by atoms with Crippen LogP contribution in [-0.2, 0) is 20.7 Å². The minimum atomic E-state index is -0.356. The summed E-state index contributed by atoms with van der Waals surface area (Å²) in [4.78, 5) is 22.7. The van der Waals surface area contributed by atoms with Gasteiger partial charge in [-0.3, -0.25) is 9.59 Å². The van der Waals surface area contributed by atoms with E-state index in [0.717, 1.165) is 11.3 Å². The molecule has 0 aliphatic carbocycles. The van der Waals surface area contributed by atoms with Crippen LogP contribution in [0.15, 0.2) is 24.3 Å². The number of ether oxygens (including phenoxy) is 2. The summed E-state index contributed by atoms with van der Waals surface area (Å²) in [6.07, 6.45) is 0.761. The van der Waals surface area contributed by atoms with Crippen molar-refractivity contribution in [1.82, 2.24) is 0 Å². The number of ketones is 1. The lowest BCUT2D eigenvalue weighted by molar-refractivity contribution is -0.141. The summed E-state index contributed by atoms with van der Waals surface area (Å²) in [6, 6.07) is 7.46. The van der Waals surface area contributed by atoms with Crippen LogP contribution < -0.4 is 4.74 Å². The first-order valence-corrected chi connectivity index (χ1v) is 6.35. The molecule has 0 aliphatic rings. The van der Waals surface area contributed by atoms with Crippen LogP contribution in [-0.4, -0.2) is 25.0 Å². The van der Waals surface area contributed by atoms with Gasteiger partial charge in [-0.05, 0) is 31.5 Å². The summed E-state index contributed by atoms with van der Waals surface area (Å²) in [5.74, 6) is 0.422. The van der Waals surface area contributed by atoms with E-state index >= 15 is 0 Å². The first-order valence-electron chi connectivity index (χ1n) is 6.35. The third-order valence-corrected chi connectivity index (χ3v) is 2.51. The summed E-state index contributed by atoms with van der Waals surface area (Å²) < 4.78 is 10.1. The molecule has 0 spiro atoms. The molecule has 0 atom stereocenters. The molecule has 104 valence electrons. The summed E-state index contributed by atoms with van der Waals surface area (Å²) in [6.45, 7) is 3.91. The average Bonchev–Trinajstić information content (AvgIpc) is 2.35. The maximum absolute atomic E-state index is 11.7. The highest BCUT2D eigenvalue weighted by Crippen LogP contribution is 2.16. The molecule has 0 fully saturated rings. The fourth-order valence-electron chi connectivity index (χ4n) is 1.66. The summed E-state index contributed by atoms with van der Waals surface area (Å²) in [7, 11) is 1.32. The van der Waals surface area contributed by atoms with E-state index in [1.165, 1.54) is 7.11 Å². The van der Waals surface area contributed by atoms with E-state index in [0.29, 0.717) is 6.42 Å². The summed E-state index contributed by atoms with van der Waals surface area (Å²) in [5.41, 5.74) is 0.896. The number of carbonyl (C=O) groups is 2. The molecule has 1 aromatic rings. The number of methoxy groups -OCH3 is 1. The number of rotatable bonds is 7. The van der Waals surface area contributed by atoms with Gasteiger partial charge < -0.3 is 9.47 Å². The molecule has 0 radical (unpaired) electrons. The normalized spacial score (nSPS) is 10.3. The van der Waals surface area contributed by atoms with E-state index in [-0.39, 0.29) is 30.7 Å². The summed E-state index contributed by atoms with van der Waals surface area (Å²) in [5, 5.41) is 0. The molecule has 4 heteroatoms. The van der Waals surface area contributed by atoms with Crippen molar-refractivity contribution in [2.24, 2.45) is 0 Å². The van der Waals surface area contributed by atoms with Gasteiger partial charge in [-0.1, -0.05) is 12.1 Å². The Morgan fingerprint density at radius 3 is 2.58 bits per heavy atom. The van der Waals surface area contributed by atoms with Gasteiger partial charge in [0.25, 0.3) is 0 Å². The van der Waals surface area contributed by atoms with Gasteiger partial charge in [0.2, 0.25) is 0 Å². The van der Waals surface area contributed by atoms with Crippen molar-refractivity contribution in [3.8, 4) is 5.75 Å². The van der Waals surface area contributed by atoms with Crippen LogP contribution in [0.25, 0.3) is 0 Å². The van der Waals surface area contributed by atoms with Crippen molar-refractivity contribution in [2.45, 2.75) is 39.2 Å². The lowest BCUT2D eigenvalue weighted by Gasteiger charge is -2.10. The van der Waals surface area contributed by atoms with E-state index < -0.39 is 0 Å². The van der Waals surface area contributed by atoms with Crippen molar-refractivity contribution in [3.63, 3.8) is 0 Å². The monoisotopic (exact) mass is 264 g/mol. The third-order valence-electron chi connectivity index (χ3n) is 2.51. The standard InChI is InChI=1S/C15H20O4/c1-11(2)19-14-6-4-5-12(10-14)9-13(16)7-8-15(17)18-3/h4-6,10-11H,7-9H2,1-3H3. The lowest BCUT2D eigenvalue weighted by atomic mass is 10.1. The molecular weight excluding hydrogens is 244 g/mol. The van der Waals surface area contributed by atoms with E-state index in [2.05, 4.69) is 4.74 Å². The minimum Gasteiger partial charge on any atom is -0.491 e. The van der Waals surface area contributed by atoms with Crippen LogP contribution in [0.3, 0.4) is 0 Å². The van der Waals surface area contributed by atoms with Crippen LogP contribution in [0.2, 0.25) is 0 Å². The topological polar surface area (TPSA) is 52.6 Å². The molecule has 0 heterocycles. The van der Waals surface area contributed by atoms with Gasteiger partial charge in [0.1, 0.15) is 11.5 Å². The first-order chi connectivity index (χ1) is 9.01. The number of hydrogen-bond acceptors (Lipinski definition) is 4. The Balaban J connectivity index is 2.52. The fraction of sp³-hybridized carbons (Fsp3) is 0.467. The Hall–Kier alpha value is -1.84. The second-order valence-electron chi connectivity index (χ2n) is 4.61.